The van der Waals surface area contributed by atoms with Gasteiger partial charge in [0.2, 0.25) is 0 Å². The van der Waals surface area contributed by atoms with Crippen LogP contribution in [0.5, 0.6) is 0 Å². The van der Waals surface area contributed by atoms with Gasteiger partial charge in [0, 0.05) is 22.3 Å². The molecule has 0 spiro atoms. The second-order valence-electron chi connectivity index (χ2n) is 5.67. The Morgan fingerprint density at radius 1 is 1.21 bits per heavy atom. The number of fused-ring (bicyclic) bond motifs is 1. The zero-order valence-corrected chi connectivity index (χ0v) is 14.5. The molecule has 0 aliphatic carbocycles. The summed E-state index contributed by atoms with van der Waals surface area (Å²) in [6, 6.07) is 16.2. The quantitative estimate of drug-likeness (QED) is 0.571. The predicted octanol–water partition coefficient (Wildman–Crippen LogP) is 3.92. The molecular formula is C19H21N3OS. The largest absolute Gasteiger partial charge is 0.364 e. The monoisotopic (exact) mass is 339 g/mol. The smallest absolute Gasteiger partial charge is 0.266 e. The molecule has 0 radical (unpaired) electrons. The molecule has 0 aliphatic heterocycles. The summed E-state index contributed by atoms with van der Waals surface area (Å²) in [6.07, 6.45) is 1.10. The molecule has 5 heteroatoms. The number of aromatic amines is 1. The molecule has 0 fully saturated rings. The van der Waals surface area contributed by atoms with Gasteiger partial charge < -0.3 is 16.0 Å². The van der Waals surface area contributed by atoms with E-state index < -0.39 is 5.91 Å². The molecular weight excluding hydrogens is 318 g/mol. The number of nitrogens with two attached hydrogens (primary N) is 1. The number of hydrogen-bond acceptors (Lipinski definition) is 3. The zero-order valence-electron chi connectivity index (χ0n) is 13.6. The van der Waals surface area contributed by atoms with Gasteiger partial charge in [0.05, 0.1) is 4.90 Å². The highest BCUT2D eigenvalue weighted by Gasteiger charge is 2.17. The molecule has 3 aromatic rings. The molecule has 4 nitrogen and oxygen atoms in total. The summed E-state index contributed by atoms with van der Waals surface area (Å²) in [6.45, 7) is 3.95. The van der Waals surface area contributed by atoms with Gasteiger partial charge in [0.25, 0.3) is 5.91 Å². The minimum Gasteiger partial charge on any atom is -0.364 e. The van der Waals surface area contributed by atoms with E-state index in [-0.39, 0.29) is 0 Å². The van der Waals surface area contributed by atoms with E-state index in [9.17, 15) is 4.79 Å². The van der Waals surface area contributed by atoms with Crippen molar-refractivity contribution < 1.29 is 4.79 Å². The van der Waals surface area contributed by atoms with Crippen LogP contribution in [-0.4, -0.2) is 17.4 Å². The van der Waals surface area contributed by atoms with Crippen LogP contribution in [0.1, 0.15) is 29.4 Å². The SMILES string of the molecule is CCCNCc1ccc2[nH]c(C(N)=O)c(Sc3ccccc3)c2c1. The van der Waals surface area contributed by atoms with E-state index in [2.05, 4.69) is 29.4 Å². The lowest BCUT2D eigenvalue weighted by molar-refractivity contribution is 0.0993. The molecule has 0 saturated heterocycles. The number of primary amides is 1. The maximum Gasteiger partial charge on any atom is 0.266 e. The minimum atomic E-state index is -0.435. The van der Waals surface area contributed by atoms with E-state index in [0.29, 0.717) is 5.69 Å². The number of hydrogen-bond donors (Lipinski definition) is 3. The zero-order chi connectivity index (χ0) is 16.9. The van der Waals surface area contributed by atoms with Crippen molar-refractivity contribution in [1.29, 1.82) is 0 Å². The van der Waals surface area contributed by atoms with Gasteiger partial charge in [-0.15, -0.1) is 0 Å². The molecule has 1 heterocycles. The van der Waals surface area contributed by atoms with Crippen molar-refractivity contribution in [2.75, 3.05) is 6.54 Å². The van der Waals surface area contributed by atoms with Crippen molar-refractivity contribution in [2.45, 2.75) is 29.7 Å². The summed E-state index contributed by atoms with van der Waals surface area (Å²) in [4.78, 5) is 17.0. The summed E-state index contributed by atoms with van der Waals surface area (Å²) in [5.41, 5.74) is 8.17. The number of benzene rings is 2. The lowest BCUT2D eigenvalue weighted by atomic mass is 10.1. The Balaban J connectivity index is 2.00. The Hall–Kier alpha value is -2.24. The molecule has 4 N–H and O–H groups in total. The third-order valence-corrected chi connectivity index (χ3v) is 4.92. The molecule has 0 aliphatic rings. The fraction of sp³-hybridized carbons (Fsp3) is 0.211. The lowest BCUT2D eigenvalue weighted by Gasteiger charge is -2.05. The summed E-state index contributed by atoms with van der Waals surface area (Å²) < 4.78 is 0. The van der Waals surface area contributed by atoms with Crippen molar-refractivity contribution in [1.82, 2.24) is 10.3 Å². The van der Waals surface area contributed by atoms with Gasteiger partial charge in [-0.05, 0) is 42.8 Å². The molecule has 124 valence electrons. The van der Waals surface area contributed by atoms with Crippen LogP contribution >= 0.6 is 11.8 Å². The number of carbonyl (C=O) groups is 1. The highest BCUT2D eigenvalue weighted by molar-refractivity contribution is 7.99. The van der Waals surface area contributed by atoms with Crippen LogP contribution in [0, 0.1) is 0 Å². The maximum atomic E-state index is 11.8. The minimum absolute atomic E-state index is 0.435. The maximum absolute atomic E-state index is 11.8. The molecule has 0 atom stereocenters. The number of carbonyl (C=O) groups excluding carboxylic acids is 1. The number of aromatic nitrogens is 1. The van der Waals surface area contributed by atoms with E-state index in [1.807, 2.05) is 36.4 Å². The van der Waals surface area contributed by atoms with Crippen molar-refractivity contribution in [3.05, 3.63) is 59.8 Å². The van der Waals surface area contributed by atoms with E-state index in [0.717, 1.165) is 40.2 Å². The van der Waals surface area contributed by atoms with Gasteiger partial charge in [0.15, 0.2) is 0 Å². The molecule has 0 saturated carbocycles. The van der Waals surface area contributed by atoms with Crippen LogP contribution in [0.15, 0.2) is 58.3 Å². The van der Waals surface area contributed by atoms with Gasteiger partial charge >= 0.3 is 0 Å². The molecule has 0 bridgehead atoms. The van der Waals surface area contributed by atoms with Gasteiger partial charge in [-0.1, -0.05) is 43.0 Å². The number of amides is 1. The number of H-pyrrole nitrogens is 1. The van der Waals surface area contributed by atoms with E-state index in [1.54, 1.807) is 11.8 Å². The van der Waals surface area contributed by atoms with Crippen molar-refractivity contribution >= 4 is 28.6 Å². The van der Waals surface area contributed by atoms with E-state index in [1.165, 1.54) is 5.56 Å². The van der Waals surface area contributed by atoms with E-state index in [4.69, 9.17) is 5.73 Å². The van der Waals surface area contributed by atoms with E-state index >= 15 is 0 Å². The molecule has 3 rings (SSSR count). The first-order chi connectivity index (χ1) is 11.7. The van der Waals surface area contributed by atoms with Crippen molar-refractivity contribution in [3.8, 4) is 0 Å². The Labute approximate surface area is 145 Å². The van der Waals surface area contributed by atoms with Crippen LogP contribution in [0.3, 0.4) is 0 Å². The second kappa shape index (κ2) is 7.55. The van der Waals surface area contributed by atoms with Gasteiger partial charge in [-0.2, -0.15) is 0 Å². The van der Waals surface area contributed by atoms with Crippen molar-refractivity contribution in [2.24, 2.45) is 5.73 Å². The molecule has 24 heavy (non-hydrogen) atoms. The third kappa shape index (κ3) is 3.63. The fourth-order valence-corrected chi connectivity index (χ4v) is 3.68. The summed E-state index contributed by atoms with van der Waals surface area (Å²) in [7, 11) is 0. The molecule has 0 unspecified atom stereocenters. The fourth-order valence-electron chi connectivity index (χ4n) is 2.62. The standard InChI is InChI=1S/C19H21N3OS/c1-2-10-21-12-13-8-9-16-15(11-13)18(17(22-16)19(20)23)24-14-6-4-3-5-7-14/h3-9,11,21-22H,2,10,12H2,1H3,(H2,20,23). The van der Waals surface area contributed by atoms with Crippen LogP contribution in [0.2, 0.25) is 0 Å². The summed E-state index contributed by atoms with van der Waals surface area (Å²) in [5.74, 6) is -0.435. The Bertz CT molecular complexity index is 842. The average Bonchev–Trinajstić information content (AvgIpc) is 2.94. The van der Waals surface area contributed by atoms with Crippen LogP contribution in [0.4, 0.5) is 0 Å². The van der Waals surface area contributed by atoms with Gasteiger partial charge in [0.1, 0.15) is 5.69 Å². The predicted molar refractivity (Wildman–Crippen MR) is 99.4 cm³/mol. The third-order valence-electron chi connectivity index (χ3n) is 3.78. The summed E-state index contributed by atoms with van der Waals surface area (Å²) >= 11 is 1.56. The topological polar surface area (TPSA) is 70.9 Å². The van der Waals surface area contributed by atoms with Crippen molar-refractivity contribution in [3.63, 3.8) is 0 Å². The Kier molecular flexibility index (Phi) is 5.23. The van der Waals surface area contributed by atoms with Gasteiger partial charge in [-0.25, -0.2) is 0 Å². The molecule has 2 aromatic carbocycles. The Morgan fingerprint density at radius 3 is 2.71 bits per heavy atom. The highest BCUT2D eigenvalue weighted by atomic mass is 32.2. The first-order valence-electron chi connectivity index (χ1n) is 8.07. The van der Waals surface area contributed by atoms with Crippen LogP contribution in [-0.2, 0) is 6.54 Å². The lowest BCUT2D eigenvalue weighted by Crippen LogP contribution is -2.13. The average molecular weight is 339 g/mol. The van der Waals surface area contributed by atoms with Crippen LogP contribution in [0.25, 0.3) is 10.9 Å². The molecule has 1 aromatic heterocycles. The second-order valence-corrected chi connectivity index (χ2v) is 6.75. The van der Waals surface area contributed by atoms with Crippen LogP contribution < -0.4 is 11.1 Å². The molecule has 1 amide bonds. The Morgan fingerprint density at radius 2 is 2.00 bits per heavy atom. The van der Waals surface area contributed by atoms with Gasteiger partial charge in [-0.3, -0.25) is 4.79 Å². The summed E-state index contributed by atoms with van der Waals surface area (Å²) in [5, 5.41) is 4.44. The normalized spacial score (nSPS) is 11.0. The first-order valence-corrected chi connectivity index (χ1v) is 8.88. The first kappa shape index (κ1) is 16.6. The number of rotatable bonds is 7. The number of nitrogens with one attached hydrogen (secondary N) is 2. The highest BCUT2D eigenvalue weighted by Crippen LogP contribution is 2.36.